The van der Waals surface area contributed by atoms with E-state index in [4.69, 9.17) is 4.74 Å². The molecule has 0 radical (unpaired) electrons. The zero-order valence-electron chi connectivity index (χ0n) is 13.5. The lowest BCUT2D eigenvalue weighted by atomic mass is 10.1. The highest BCUT2D eigenvalue weighted by Crippen LogP contribution is 2.34. The molecule has 4 N–H and O–H groups in total. The zero-order chi connectivity index (χ0) is 17.6. The van der Waals surface area contributed by atoms with Crippen molar-refractivity contribution in [3.8, 4) is 0 Å². The third-order valence-corrected chi connectivity index (χ3v) is 4.99. The second-order valence-electron chi connectivity index (χ2n) is 6.42. The summed E-state index contributed by atoms with van der Waals surface area (Å²) in [6.07, 6.45) is 0.584. The number of hydrogen-bond acceptors (Lipinski definition) is 9. The Morgan fingerprint density at radius 2 is 1.96 bits per heavy atom. The minimum Gasteiger partial charge on any atom is -0.394 e. The van der Waals surface area contributed by atoms with Gasteiger partial charge in [0.1, 0.15) is 24.6 Å². The third kappa shape index (κ3) is 2.57. The minimum absolute atomic E-state index is 0.00263. The molecular formula is C15H21N5O5. The van der Waals surface area contributed by atoms with Gasteiger partial charge in [0.05, 0.1) is 25.6 Å². The van der Waals surface area contributed by atoms with E-state index in [0.29, 0.717) is 17.0 Å². The Labute approximate surface area is 143 Å². The van der Waals surface area contributed by atoms with E-state index in [1.807, 2.05) is 4.90 Å². The van der Waals surface area contributed by atoms with E-state index in [1.165, 1.54) is 17.2 Å². The molecule has 4 rings (SSSR count). The van der Waals surface area contributed by atoms with Gasteiger partial charge in [-0.1, -0.05) is 0 Å². The number of aliphatic hydroxyl groups excluding tert-OH is 4. The fourth-order valence-electron chi connectivity index (χ4n) is 3.65. The van der Waals surface area contributed by atoms with Crippen LogP contribution >= 0.6 is 0 Å². The first-order chi connectivity index (χ1) is 12.2. The number of aromatic nitrogens is 4. The average molecular weight is 351 g/mol. The van der Waals surface area contributed by atoms with Crippen molar-refractivity contribution in [3.63, 3.8) is 0 Å². The van der Waals surface area contributed by atoms with Gasteiger partial charge >= 0.3 is 0 Å². The van der Waals surface area contributed by atoms with Crippen molar-refractivity contribution in [2.75, 3.05) is 24.7 Å². The maximum atomic E-state index is 10.2. The molecule has 2 fully saturated rings. The molecule has 0 spiro atoms. The van der Waals surface area contributed by atoms with E-state index in [2.05, 4.69) is 15.0 Å². The van der Waals surface area contributed by atoms with Crippen LogP contribution in [0.3, 0.4) is 0 Å². The van der Waals surface area contributed by atoms with Gasteiger partial charge in [-0.2, -0.15) is 0 Å². The summed E-state index contributed by atoms with van der Waals surface area (Å²) in [5, 5.41) is 39.0. The van der Waals surface area contributed by atoms with E-state index in [-0.39, 0.29) is 12.6 Å². The molecule has 1 unspecified atom stereocenters. The highest BCUT2D eigenvalue weighted by atomic mass is 16.6. The van der Waals surface area contributed by atoms with Crippen LogP contribution in [0.25, 0.3) is 11.2 Å². The number of anilines is 1. The van der Waals surface area contributed by atoms with Gasteiger partial charge in [0.15, 0.2) is 23.2 Å². The molecule has 2 saturated heterocycles. The van der Waals surface area contributed by atoms with Gasteiger partial charge in [-0.3, -0.25) is 4.57 Å². The van der Waals surface area contributed by atoms with E-state index >= 15 is 0 Å². The molecule has 2 aliphatic rings. The first kappa shape index (κ1) is 16.6. The van der Waals surface area contributed by atoms with E-state index in [1.54, 1.807) is 0 Å². The Bertz CT molecular complexity index is 755. The van der Waals surface area contributed by atoms with E-state index in [0.717, 1.165) is 19.4 Å². The highest BCUT2D eigenvalue weighted by molar-refractivity contribution is 5.83. The van der Waals surface area contributed by atoms with Crippen molar-refractivity contribution in [2.45, 2.75) is 43.4 Å². The summed E-state index contributed by atoms with van der Waals surface area (Å²) in [4.78, 5) is 15.0. The second-order valence-corrected chi connectivity index (χ2v) is 6.42. The summed E-state index contributed by atoms with van der Waals surface area (Å²) in [7, 11) is 0. The monoisotopic (exact) mass is 351 g/mol. The quantitative estimate of drug-likeness (QED) is 0.513. The topological polar surface area (TPSA) is 137 Å². The van der Waals surface area contributed by atoms with E-state index < -0.39 is 31.1 Å². The number of hydrogen-bond donors (Lipinski definition) is 4. The molecule has 4 heterocycles. The lowest BCUT2D eigenvalue weighted by Gasteiger charge is -2.24. The van der Waals surface area contributed by atoms with Gasteiger partial charge in [-0.15, -0.1) is 0 Å². The smallest absolute Gasteiger partial charge is 0.167 e. The van der Waals surface area contributed by atoms with Crippen molar-refractivity contribution >= 4 is 17.0 Å². The minimum atomic E-state index is -1.20. The third-order valence-electron chi connectivity index (χ3n) is 4.99. The van der Waals surface area contributed by atoms with Gasteiger partial charge in [-0.25, -0.2) is 15.0 Å². The predicted octanol–water partition coefficient (Wildman–Crippen LogP) is -1.60. The summed E-state index contributed by atoms with van der Waals surface area (Å²) >= 11 is 0. The Balaban J connectivity index is 1.72. The molecule has 5 atom stereocenters. The number of aliphatic hydroxyl groups is 4. The highest BCUT2D eigenvalue weighted by Gasteiger charge is 2.44. The largest absolute Gasteiger partial charge is 0.394 e. The van der Waals surface area contributed by atoms with Crippen LogP contribution in [-0.2, 0) is 4.74 Å². The average Bonchev–Trinajstić information content (AvgIpc) is 3.33. The summed E-state index contributed by atoms with van der Waals surface area (Å²) in [5.41, 5.74) is 1.00. The Morgan fingerprint density at radius 1 is 1.12 bits per heavy atom. The van der Waals surface area contributed by atoms with Crippen LogP contribution < -0.4 is 4.90 Å². The van der Waals surface area contributed by atoms with Crippen LogP contribution in [-0.4, -0.2) is 84.1 Å². The second kappa shape index (κ2) is 6.46. The van der Waals surface area contributed by atoms with Crippen LogP contribution in [0.2, 0.25) is 0 Å². The zero-order valence-corrected chi connectivity index (χ0v) is 13.5. The van der Waals surface area contributed by atoms with Crippen molar-refractivity contribution in [3.05, 3.63) is 12.7 Å². The van der Waals surface area contributed by atoms with Gasteiger partial charge in [0, 0.05) is 6.54 Å². The molecule has 10 heteroatoms. The van der Waals surface area contributed by atoms with Crippen molar-refractivity contribution < 1.29 is 25.2 Å². The van der Waals surface area contributed by atoms with Crippen LogP contribution in [0.1, 0.15) is 19.1 Å². The summed E-state index contributed by atoms with van der Waals surface area (Å²) < 4.78 is 7.09. The Hall–Kier alpha value is -1.85. The number of imidazole rings is 1. The molecular weight excluding hydrogens is 330 g/mol. The molecule has 0 bridgehead atoms. The maximum Gasteiger partial charge on any atom is 0.167 e. The fourth-order valence-corrected chi connectivity index (χ4v) is 3.65. The van der Waals surface area contributed by atoms with Crippen LogP contribution in [0.15, 0.2) is 12.7 Å². The van der Waals surface area contributed by atoms with Crippen LogP contribution in [0, 0.1) is 0 Å². The van der Waals surface area contributed by atoms with Crippen molar-refractivity contribution in [1.29, 1.82) is 0 Å². The molecule has 0 aromatic carbocycles. The standard InChI is InChI=1S/C15H21N5O5/c21-4-8-2-1-3-19(8)13-10-14(17-6-16-13)20(7-18-10)15-12(24)11(23)9(5-22)25-15/h6-9,11-12,15,21-24H,1-5H2/t8-,9+,11-,12?,15+/m0/s1. The summed E-state index contributed by atoms with van der Waals surface area (Å²) in [6.45, 7) is 0.423. The molecule has 0 saturated carbocycles. The molecule has 0 aliphatic carbocycles. The number of fused-ring (bicyclic) bond motifs is 1. The summed E-state index contributed by atoms with van der Waals surface area (Å²) in [5.74, 6) is 0.632. The van der Waals surface area contributed by atoms with Crippen molar-refractivity contribution in [1.82, 2.24) is 19.5 Å². The fraction of sp³-hybridized carbons (Fsp3) is 0.667. The normalized spacial score (nSPS) is 32.8. The molecule has 2 aliphatic heterocycles. The molecule has 136 valence electrons. The molecule has 25 heavy (non-hydrogen) atoms. The van der Waals surface area contributed by atoms with Gasteiger partial charge in [0.25, 0.3) is 0 Å². The van der Waals surface area contributed by atoms with Crippen molar-refractivity contribution in [2.24, 2.45) is 0 Å². The van der Waals surface area contributed by atoms with Gasteiger partial charge in [-0.05, 0) is 12.8 Å². The number of nitrogens with zero attached hydrogens (tertiary/aromatic N) is 5. The Kier molecular flexibility index (Phi) is 4.29. The summed E-state index contributed by atoms with van der Waals surface area (Å²) in [6, 6.07) is -0.00263. The first-order valence-electron chi connectivity index (χ1n) is 8.33. The van der Waals surface area contributed by atoms with Crippen LogP contribution in [0.5, 0.6) is 0 Å². The Morgan fingerprint density at radius 3 is 2.68 bits per heavy atom. The lowest BCUT2D eigenvalue weighted by molar-refractivity contribution is -0.0511. The van der Waals surface area contributed by atoms with E-state index in [9.17, 15) is 20.4 Å². The predicted molar refractivity (Wildman–Crippen MR) is 85.8 cm³/mol. The van der Waals surface area contributed by atoms with Gasteiger partial charge in [0.2, 0.25) is 0 Å². The van der Waals surface area contributed by atoms with Crippen LogP contribution in [0.4, 0.5) is 5.82 Å². The molecule has 0 amide bonds. The SMILES string of the molecule is OC[C@@H]1CCCN1c1ncnc2c1ncn2[C@@H]1O[C@H](CO)[C@H](O)C1O. The first-order valence-corrected chi connectivity index (χ1v) is 8.33. The number of ether oxygens (including phenoxy) is 1. The lowest BCUT2D eigenvalue weighted by Crippen LogP contribution is -2.33. The number of rotatable bonds is 4. The molecule has 2 aromatic heterocycles. The molecule has 10 nitrogen and oxygen atoms in total. The van der Waals surface area contributed by atoms with Gasteiger partial charge < -0.3 is 30.1 Å². The molecule has 2 aromatic rings. The maximum absolute atomic E-state index is 10.2.